The molecule has 0 aliphatic carbocycles. The molecule has 33 heavy (non-hydrogen) atoms. The molecule has 1 N–H and O–H groups in total. The number of aromatic nitrogens is 3. The topological polar surface area (TPSA) is 78.4 Å². The van der Waals surface area contributed by atoms with Crippen molar-refractivity contribution in [3.8, 4) is 17.6 Å². The molecule has 0 radical (unpaired) electrons. The largest absolute Gasteiger partial charge is 0.491 e. The Balaban J connectivity index is 1.33. The monoisotopic (exact) mass is 464 g/mol. The van der Waals surface area contributed by atoms with Gasteiger partial charge in [0.2, 0.25) is 0 Å². The molecule has 1 aliphatic rings. The van der Waals surface area contributed by atoms with E-state index in [4.69, 9.17) is 14.2 Å². The fourth-order valence-corrected chi connectivity index (χ4v) is 4.21. The van der Waals surface area contributed by atoms with E-state index in [-0.39, 0.29) is 12.4 Å². The fourth-order valence-electron chi connectivity index (χ4n) is 3.31. The molecule has 8 heteroatoms. The Morgan fingerprint density at radius 3 is 3.00 bits per heavy atom. The molecule has 0 saturated carbocycles. The first kappa shape index (κ1) is 23.2. The molecule has 0 spiro atoms. The summed E-state index contributed by atoms with van der Waals surface area (Å²) in [5.74, 6) is 7.48. The summed E-state index contributed by atoms with van der Waals surface area (Å²) in [6.07, 6.45) is 11.0. The summed E-state index contributed by atoms with van der Waals surface area (Å²) in [7, 11) is 1.80. The minimum absolute atomic E-state index is 0.0152. The number of rotatable bonds is 8. The van der Waals surface area contributed by atoms with Crippen molar-refractivity contribution in [2.24, 2.45) is 0 Å². The number of nitrogens with zero attached hydrogens (tertiary/aromatic N) is 3. The highest BCUT2D eigenvalue weighted by molar-refractivity contribution is 7.19. The molecule has 1 saturated heterocycles. The van der Waals surface area contributed by atoms with Crippen molar-refractivity contribution in [2.45, 2.75) is 45.0 Å². The normalized spacial score (nSPS) is 17.0. The summed E-state index contributed by atoms with van der Waals surface area (Å²) < 4.78 is 18.8. The minimum atomic E-state index is -0.103. The van der Waals surface area contributed by atoms with Gasteiger partial charge < -0.3 is 19.5 Å². The van der Waals surface area contributed by atoms with Gasteiger partial charge in [-0.05, 0) is 62.0 Å². The molecule has 3 heterocycles. The average molecular weight is 465 g/mol. The molecule has 2 atom stereocenters. The molecule has 0 bridgehead atoms. The van der Waals surface area contributed by atoms with Gasteiger partial charge in [0.05, 0.1) is 28.7 Å². The SMILES string of the molecule is CCC(COc1ccc2nc(/C=C/C#Cc3cnc(NC)cn3)sc2c1)OC1CCCCO1. The number of nitrogens with one attached hydrogen (secondary N) is 1. The minimum Gasteiger partial charge on any atom is -0.491 e. The molecule has 2 unspecified atom stereocenters. The summed E-state index contributed by atoms with van der Waals surface area (Å²) in [4.78, 5) is 13.1. The first-order valence-electron chi connectivity index (χ1n) is 11.2. The van der Waals surface area contributed by atoms with E-state index in [1.54, 1.807) is 36.9 Å². The van der Waals surface area contributed by atoms with Crippen LogP contribution >= 0.6 is 11.3 Å². The first-order valence-corrected chi connectivity index (χ1v) is 12.0. The molecule has 2 aromatic heterocycles. The first-order chi connectivity index (χ1) is 16.2. The van der Waals surface area contributed by atoms with Crippen molar-refractivity contribution in [2.75, 3.05) is 25.6 Å². The van der Waals surface area contributed by atoms with Gasteiger partial charge in [-0.1, -0.05) is 12.8 Å². The van der Waals surface area contributed by atoms with Crippen molar-refractivity contribution in [1.82, 2.24) is 15.0 Å². The second-order valence-corrected chi connectivity index (χ2v) is 8.66. The van der Waals surface area contributed by atoms with Crippen molar-refractivity contribution in [1.29, 1.82) is 0 Å². The quantitative estimate of drug-likeness (QED) is 0.475. The van der Waals surface area contributed by atoms with E-state index in [1.165, 1.54) is 0 Å². The van der Waals surface area contributed by atoms with Crippen LogP contribution in [0.15, 0.2) is 36.7 Å². The van der Waals surface area contributed by atoms with Crippen LogP contribution in [0.3, 0.4) is 0 Å². The van der Waals surface area contributed by atoms with E-state index in [0.29, 0.717) is 18.1 Å². The second kappa shape index (κ2) is 11.8. The standard InChI is InChI=1S/C25H28N4O3S/c1-3-19(32-25-10-6-7-13-30-25)17-31-20-11-12-21-22(14-20)33-24(29-21)9-5-4-8-18-15-28-23(26-2)16-27-18/h5,9,11-12,14-16,19,25H,3,6-7,10,13,17H2,1-2H3,(H,26,28)/b9-5+. The Kier molecular flexibility index (Phi) is 8.25. The van der Waals surface area contributed by atoms with Gasteiger partial charge >= 0.3 is 0 Å². The molecule has 3 aromatic rings. The van der Waals surface area contributed by atoms with E-state index in [2.05, 4.69) is 39.0 Å². The highest BCUT2D eigenvalue weighted by atomic mass is 32.1. The molecule has 4 rings (SSSR count). The number of thiazole rings is 1. The van der Waals surface area contributed by atoms with E-state index in [9.17, 15) is 0 Å². The number of benzene rings is 1. The lowest BCUT2D eigenvalue weighted by atomic mass is 10.2. The lowest BCUT2D eigenvalue weighted by Crippen LogP contribution is -2.31. The summed E-state index contributed by atoms with van der Waals surface area (Å²) in [6.45, 7) is 3.39. The summed E-state index contributed by atoms with van der Waals surface area (Å²) in [5.41, 5.74) is 1.56. The Morgan fingerprint density at radius 2 is 2.24 bits per heavy atom. The zero-order valence-electron chi connectivity index (χ0n) is 18.9. The molecule has 1 aliphatic heterocycles. The van der Waals surface area contributed by atoms with Crippen molar-refractivity contribution >= 4 is 33.4 Å². The molecule has 0 amide bonds. The zero-order chi connectivity index (χ0) is 22.9. The van der Waals surface area contributed by atoms with Gasteiger partial charge in [-0.25, -0.2) is 15.0 Å². The predicted molar refractivity (Wildman–Crippen MR) is 131 cm³/mol. The summed E-state index contributed by atoms with van der Waals surface area (Å²) in [6, 6.07) is 5.96. The number of hydrogen-bond acceptors (Lipinski definition) is 8. The van der Waals surface area contributed by atoms with Gasteiger partial charge in [0.15, 0.2) is 6.29 Å². The Labute approximate surface area is 198 Å². The van der Waals surface area contributed by atoms with Crippen LogP contribution in [0.25, 0.3) is 16.3 Å². The van der Waals surface area contributed by atoms with Gasteiger partial charge in [-0.15, -0.1) is 11.3 Å². The number of ether oxygens (including phenoxy) is 3. The number of allylic oxidation sites excluding steroid dienone is 1. The molecular weight excluding hydrogens is 436 g/mol. The maximum atomic E-state index is 6.06. The maximum absolute atomic E-state index is 6.06. The zero-order valence-corrected chi connectivity index (χ0v) is 19.7. The van der Waals surface area contributed by atoms with Crippen molar-refractivity contribution in [3.63, 3.8) is 0 Å². The van der Waals surface area contributed by atoms with Crippen molar-refractivity contribution < 1.29 is 14.2 Å². The van der Waals surface area contributed by atoms with E-state index < -0.39 is 0 Å². The Bertz CT molecular complexity index is 1130. The third-order valence-corrected chi connectivity index (χ3v) is 6.15. The third-order valence-electron chi connectivity index (χ3n) is 5.17. The predicted octanol–water partition coefficient (Wildman–Crippen LogP) is 4.89. The molecular formula is C25H28N4O3S. The molecule has 1 fully saturated rings. The van der Waals surface area contributed by atoms with E-state index >= 15 is 0 Å². The lowest BCUT2D eigenvalue weighted by Gasteiger charge is -2.27. The van der Waals surface area contributed by atoms with Crippen LogP contribution in [-0.4, -0.2) is 47.6 Å². The molecule has 7 nitrogen and oxygen atoms in total. The second-order valence-electron chi connectivity index (χ2n) is 7.59. The van der Waals surface area contributed by atoms with Crippen LogP contribution in [-0.2, 0) is 9.47 Å². The highest BCUT2D eigenvalue weighted by Crippen LogP contribution is 2.27. The van der Waals surface area contributed by atoms with E-state index in [0.717, 1.165) is 53.3 Å². The van der Waals surface area contributed by atoms with Crippen LogP contribution in [0.4, 0.5) is 5.82 Å². The van der Waals surface area contributed by atoms with Gasteiger partial charge in [0.25, 0.3) is 0 Å². The number of anilines is 1. The molecule has 172 valence electrons. The van der Waals surface area contributed by atoms with Crippen molar-refractivity contribution in [3.05, 3.63) is 47.4 Å². The van der Waals surface area contributed by atoms with Crippen LogP contribution in [0.1, 0.15) is 43.3 Å². The van der Waals surface area contributed by atoms with Gasteiger partial charge in [-0.3, -0.25) is 0 Å². The molecule has 1 aromatic carbocycles. The number of fused-ring (bicyclic) bond motifs is 1. The van der Waals surface area contributed by atoms with Crippen LogP contribution in [0.2, 0.25) is 0 Å². The maximum Gasteiger partial charge on any atom is 0.158 e. The van der Waals surface area contributed by atoms with E-state index in [1.807, 2.05) is 24.3 Å². The average Bonchev–Trinajstić information content (AvgIpc) is 3.27. The van der Waals surface area contributed by atoms with Crippen LogP contribution < -0.4 is 10.1 Å². The van der Waals surface area contributed by atoms with Crippen LogP contribution in [0.5, 0.6) is 5.75 Å². The highest BCUT2D eigenvalue weighted by Gasteiger charge is 2.19. The summed E-state index contributed by atoms with van der Waals surface area (Å²) >= 11 is 1.60. The lowest BCUT2D eigenvalue weighted by molar-refractivity contribution is -0.193. The summed E-state index contributed by atoms with van der Waals surface area (Å²) in [5, 5.41) is 3.82. The third kappa shape index (κ3) is 6.75. The van der Waals surface area contributed by atoms with Gasteiger partial charge in [0.1, 0.15) is 28.9 Å². The fraction of sp³-hybridized carbons (Fsp3) is 0.400. The smallest absolute Gasteiger partial charge is 0.158 e. The van der Waals surface area contributed by atoms with Gasteiger partial charge in [-0.2, -0.15) is 0 Å². The van der Waals surface area contributed by atoms with Gasteiger partial charge in [0, 0.05) is 13.7 Å². The number of hydrogen-bond donors (Lipinski definition) is 1. The van der Waals surface area contributed by atoms with Crippen LogP contribution in [0, 0.1) is 11.8 Å². The Morgan fingerprint density at radius 1 is 1.30 bits per heavy atom. The Hall–Kier alpha value is -2.99.